The Labute approximate surface area is 168 Å². The molecule has 1 amide bonds. The highest BCUT2D eigenvalue weighted by Gasteiger charge is 2.63. The van der Waals surface area contributed by atoms with Crippen molar-refractivity contribution in [2.24, 2.45) is 23.7 Å². The first-order chi connectivity index (χ1) is 14.1. The number of ether oxygens (including phenoxy) is 2. The van der Waals surface area contributed by atoms with Crippen LogP contribution in [0.3, 0.4) is 0 Å². The van der Waals surface area contributed by atoms with Gasteiger partial charge in [0.05, 0.1) is 24.5 Å². The van der Waals surface area contributed by atoms with Gasteiger partial charge >= 0.3 is 11.9 Å². The summed E-state index contributed by atoms with van der Waals surface area (Å²) in [6, 6.07) is 14.6. The van der Waals surface area contributed by atoms with Crippen LogP contribution in [0.1, 0.15) is 23.2 Å². The van der Waals surface area contributed by atoms with Crippen molar-refractivity contribution >= 4 is 23.5 Å². The molecule has 2 aromatic rings. The molecule has 6 nitrogen and oxygen atoms in total. The van der Waals surface area contributed by atoms with Gasteiger partial charge in [0.25, 0.3) is 0 Å². The second-order valence-electron chi connectivity index (χ2n) is 8.03. The van der Waals surface area contributed by atoms with Crippen molar-refractivity contribution in [3.8, 4) is 11.1 Å². The van der Waals surface area contributed by atoms with Gasteiger partial charge in [0.15, 0.2) is 0 Å². The Bertz CT molecular complexity index is 997. The topological polar surface area (TPSA) is 81.7 Å². The van der Waals surface area contributed by atoms with Crippen LogP contribution in [-0.2, 0) is 19.1 Å². The fourth-order valence-corrected chi connectivity index (χ4v) is 5.34. The van der Waals surface area contributed by atoms with Crippen LogP contribution in [-0.4, -0.2) is 31.1 Å². The molecule has 148 valence electrons. The lowest BCUT2D eigenvalue weighted by atomic mass is 9.79. The summed E-state index contributed by atoms with van der Waals surface area (Å²) in [5.41, 5.74) is 2.78. The maximum atomic E-state index is 12.9. The van der Waals surface area contributed by atoms with Gasteiger partial charge in [-0.3, -0.25) is 9.59 Å². The predicted octanol–water partition coefficient (Wildman–Crippen LogP) is 3.28. The quantitative estimate of drug-likeness (QED) is 0.809. The number of nitrogens with one attached hydrogen (secondary N) is 1. The summed E-state index contributed by atoms with van der Waals surface area (Å²) in [5.74, 6) is -0.863. The molecule has 1 aliphatic heterocycles. The number of rotatable bonds is 4. The molecule has 3 fully saturated rings. The first kappa shape index (κ1) is 17.9. The summed E-state index contributed by atoms with van der Waals surface area (Å²) in [6.45, 7) is 0. The largest absolute Gasteiger partial charge is 0.465 e. The van der Waals surface area contributed by atoms with Gasteiger partial charge in [-0.25, -0.2) is 4.79 Å². The highest BCUT2D eigenvalue weighted by atomic mass is 16.6. The minimum absolute atomic E-state index is 0.0238. The zero-order chi connectivity index (χ0) is 20.1. The van der Waals surface area contributed by atoms with E-state index in [0.29, 0.717) is 11.3 Å². The van der Waals surface area contributed by atoms with Crippen molar-refractivity contribution in [3.05, 3.63) is 54.1 Å². The SMILES string of the molecule is COC(=O)c1ccccc1-c1ccc(NC(=O)[C@@H]2[C@@H]3C[C@H]4[C@H]2C(=O)O[C@H]4C3)cc1. The van der Waals surface area contributed by atoms with Crippen LogP contribution in [0, 0.1) is 23.7 Å². The molecule has 5 rings (SSSR count). The van der Waals surface area contributed by atoms with E-state index in [2.05, 4.69) is 5.32 Å². The fraction of sp³-hybridized carbons (Fsp3) is 0.348. The summed E-state index contributed by atoms with van der Waals surface area (Å²) in [6.07, 6.45) is 1.73. The van der Waals surface area contributed by atoms with E-state index in [1.54, 1.807) is 12.1 Å². The molecule has 2 bridgehead atoms. The van der Waals surface area contributed by atoms with Crippen LogP contribution >= 0.6 is 0 Å². The number of esters is 2. The first-order valence-electron chi connectivity index (χ1n) is 9.86. The van der Waals surface area contributed by atoms with E-state index in [1.807, 2.05) is 36.4 Å². The molecule has 1 heterocycles. The van der Waals surface area contributed by atoms with E-state index in [1.165, 1.54) is 7.11 Å². The normalized spacial score (nSPS) is 28.9. The molecule has 0 aromatic heterocycles. The Morgan fingerprint density at radius 2 is 1.83 bits per heavy atom. The van der Waals surface area contributed by atoms with Gasteiger partial charge in [-0.2, -0.15) is 0 Å². The third kappa shape index (κ3) is 2.82. The third-order valence-electron chi connectivity index (χ3n) is 6.58. The minimum Gasteiger partial charge on any atom is -0.465 e. The molecular formula is C23H21NO5. The molecule has 6 heteroatoms. The van der Waals surface area contributed by atoms with Crippen molar-refractivity contribution in [2.45, 2.75) is 18.9 Å². The number of amides is 1. The zero-order valence-corrected chi connectivity index (χ0v) is 16.0. The van der Waals surface area contributed by atoms with Crippen molar-refractivity contribution < 1.29 is 23.9 Å². The van der Waals surface area contributed by atoms with Gasteiger partial charge in [-0.05, 0) is 48.1 Å². The number of fused-ring (bicyclic) bond motifs is 1. The third-order valence-corrected chi connectivity index (χ3v) is 6.58. The van der Waals surface area contributed by atoms with E-state index in [4.69, 9.17) is 9.47 Å². The van der Waals surface area contributed by atoms with Crippen molar-refractivity contribution in [2.75, 3.05) is 12.4 Å². The summed E-state index contributed by atoms with van der Waals surface area (Å²) in [5, 5.41) is 2.96. The maximum Gasteiger partial charge on any atom is 0.338 e. The second-order valence-corrected chi connectivity index (χ2v) is 8.03. The first-order valence-corrected chi connectivity index (χ1v) is 9.86. The molecule has 5 atom stereocenters. The van der Waals surface area contributed by atoms with Gasteiger partial charge in [-0.1, -0.05) is 30.3 Å². The number of hydrogen-bond donors (Lipinski definition) is 1. The Balaban J connectivity index is 1.34. The average Bonchev–Trinajstić information content (AvgIpc) is 3.36. The van der Waals surface area contributed by atoms with Gasteiger partial charge in [0, 0.05) is 11.6 Å². The van der Waals surface area contributed by atoms with Crippen molar-refractivity contribution in [1.29, 1.82) is 0 Å². The fourth-order valence-electron chi connectivity index (χ4n) is 5.34. The van der Waals surface area contributed by atoms with Crippen LogP contribution in [0.2, 0.25) is 0 Å². The lowest BCUT2D eigenvalue weighted by Gasteiger charge is -2.23. The second kappa shape index (κ2) is 6.72. The molecule has 1 saturated heterocycles. The molecule has 1 N–H and O–H groups in total. The minimum atomic E-state index is -0.393. The number of carbonyl (C=O) groups is 3. The van der Waals surface area contributed by atoms with E-state index < -0.39 is 5.97 Å². The number of carbonyl (C=O) groups excluding carboxylic acids is 3. The Morgan fingerprint density at radius 3 is 2.59 bits per heavy atom. The van der Waals surface area contributed by atoms with Crippen LogP contribution in [0.5, 0.6) is 0 Å². The summed E-state index contributed by atoms with van der Waals surface area (Å²) < 4.78 is 10.3. The van der Waals surface area contributed by atoms with Crippen molar-refractivity contribution in [1.82, 2.24) is 0 Å². The van der Waals surface area contributed by atoms with Gasteiger partial charge < -0.3 is 14.8 Å². The highest BCUT2D eigenvalue weighted by molar-refractivity contribution is 5.98. The van der Waals surface area contributed by atoms with Crippen LogP contribution in [0.15, 0.2) is 48.5 Å². The standard InChI is InChI=1S/C23H21NO5/c1-28-22(26)16-5-3-2-4-15(16)12-6-8-14(9-7-12)24-21(25)19-13-10-17-18(11-13)29-23(27)20(17)19/h2-9,13,17-20H,10-11H2,1H3,(H,24,25)/t13-,17-,18+,19-,20-/m1/s1. The van der Waals surface area contributed by atoms with E-state index in [0.717, 1.165) is 24.0 Å². The van der Waals surface area contributed by atoms with E-state index in [9.17, 15) is 14.4 Å². The predicted molar refractivity (Wildman–Crippen MR) is 105 cm³/mol. The van der Waals surface area contributed by atoms with Crippen LogP contribution in [0.4, 0.5) is 5.69 Å². The Hall–Kier alpha value is -3.15. The lowest BCUT2D eigenvalue weighted by Crippen LogP contribution is -2.35. The molecule has 0 radical (unpaired) electrons. The number of benzene rings is 2. The molecule has 2 aromatic carbocycles. The van der Waals surface area contributed by atoms with Crippen LogP contribution < -0.4 is 5.32 Å². The van der Waals surface area contributed by atoms with Gasteiger partial charge in [0.2, 0.25) is 5.91 Å². The highest BCUT2D eigenvalue weighted by Crippen LogP contribution is 2.57. The average molecular weight is 391 g/mol. The molecule has 0 unspecified atom stereocenters. The monoisotopic (exact) mass is 391 g/mol. The Kier molecular flexibility index (Phi) is 4.15. The summed E-state index contributed by atoms with van der Waals surface area (Å²) in [7, 11) is 1.36. The molecular weight excluding hydrogens is 370 g/mol. The zero-order valence-electron chi connectivity index (χ0n) is 16.0. The molecule has 0 spiro atoms. The molecule has 3 aliphatic rings. The van der Waals surface area contributed by atoms with Gasteiger partial charge in [-0.15, -0.1) is 0 Å². The number of anilines is 1. The molecule has 2 aliphatic carbocycles. The molecule has 29 heavy (non-hydrogen) atoms. The number of methoxy groups -OCH3 is 1. The van der Waals surface area contributed by atoms with E-state index in [-0.39, 0.29) is 41.7 Å². The molecule has 2 saturated carbocycles. The number of hydrogen-bond acceptors (Lipinski definition) is 5. The Morgan fingerprint density at radius 1 is 1.07 bits per heavy atom. The van der Waals surface area contributed by atoms with E-state index >= 15 is 0 Å². The lowest BCUT2D eigenvalue weighted by molar-refractivity contribution is -0.145. The smallest absolute Gasteiger partial charge is 0.338 e. The van der Waals surface area contributed by atoms with Gasteiger partial charge in [0.1, 0.15) is 6.10 Å². The van der Waals surface area contributed by atoms with Crippen molar-refractivity contribution in [3.63, 3.8) is 0 Å². The maximum absolute atomic E-state index is 12.9. The summed E-state index contributed by atoms with van der Waals surface area (Å²) >= 11 is 0. The summed E-state index contributed by atoms with van der Waals surface area (Å²) in [4.78, 5) is 37.0. The van der Waals surface area contributed by atoms with Crippen LogP contribution in [0.25, 0.3) is 11.1 Å².